The van der Waals surface area contributed by atoms with Gasteiger partial charge in [0, 0.05) is 24.2 Å². The molecule has 2 heterocycles. The van der Waals surface area contributed by atoms with Gasteiger partial charge in [-0.15, -0.1) is 11.3 Å². The molecule has 0 spiro atoms. The van der Waals surface area contributed by atoms with E-state index in [0.717, 1.165) is 10.6 Å². The third-order valence-corrected chi connectivity index (χ3v) is 2.99. The second kappa shape index (κ2) is 5.54. The fraction of sp³-hybridized carbons (Fsp3) is 0.250. The maximum atomic E-state index is 11.4. The first-order chi connectivity index (χ1) is 8.29. The lowest BCUT2D eigenvalue weighted by molar-refractivity contribution is 0.0520. The number of ether oxygens (including phenoxy) is 1. The first-order valence-corrected chi connectivity index (χ1v) is 6.18. The van der Waals surface area contributed by atoms with Crippen LogP contribution in [0.1, 0.15) is 28.0 Å². The maximum absolute atomic E-state index is 11.4. The van der Waals surface area contributed by atoms with E-state index in [9.17, 15) is 4.79 Å². The number of aromatic nitrogens is 2. The normalized spacial score (nSPS) is 10.2. The van der Waals surface area contributed by atoms with Crippen molar-refractivity contribution in [1.29, 1.82) is 0 Å². The van der Waals surface area contributed by atoms with Gasteiger partial charge >= 0.3 is 5.97 Å². The number of rotatable bonds is 4. The molecular weight excluding hydrogens is 236 g/mol. The zero-order valence-corrected chi connectivity index (χ0v) is 10.2. The quantitative estimate of drug-likeness (QED) is 0.779. The van der Waals surface area contributed by atoms with Crippen LogP contribution in [0.5, 0.6) is 0 Å². The van der Waals surface area contributed by atoms with Crippen molar-refractivity contribution in [1.82, 2.24) is 9.97 Å². The summed E-state index contributed by atoms with van der Waals surface area (Å²) in [6.07, 6.45) is 4.21. The molecule has 2 aromatic heterocycles. The third kappa shape index (κ3) is 3.10. The van der Waals surface area contributed by atoms with Crippen LogP contribution in [0.25, 0.3) is 0 Å². The summed E-state index contributed by atoms with van der Waals surface area (Å²) in [6.45, 7) is 2.15. The smallest absolute Gasteiger partial charge is 0.357 e. The molecule has 2 rings (SSSR count). The van der Waals surface area contributed by atoms with Gasteiger partial charge < -0.3 is 4.74 Å². The first-order valence-electron chi connectivity index (χ1n) is 5.30. The Morgan fingerprint density at radius 3 is 2.88 bits per heavy atom. The molecule has 0 fully saturated rings. The van der Waals surface area contributed by atoms with Gasteiger partial charge in [-0.1, -0.05) is 0 Å². The topological polar surface area (TPSA) is 52.1 Å². The fourth-order valence-electron chi connectivity index (χ4n) is 1.37. The fourth-order valence-corrected chi connectivity index (χ4v) is 2.16. The van der Waals surface area contributed by atoms with Crippen LogP contribution in [-0.4, -0.2) is 22.5 Å². The molecule has 0 aliphatic heterocycles. The van der Waals surface area contributed by atoms with Gasteiger partial charge in [-0.25, -0.2) is 9.78 Å². The van der Waals surface area contributed by atoms with Crippen LogP contribution in [0.3, 0.4) is 0 Å². The highest BCUT2D eigenvalue weighted by atomic mass is 32.1. The molecule has 0 unspecified atom stereocenters. The monoisotopic (exact) mass is 248 g/mol. The van der Waals surface area contributed by atoms with Crippen molar-refractivity contribution in [3.8, 4) is 0 Å². The van der Waals surface area contributed by atoms with Crippen molar-refractivity contribution in [3.05, 3.63) is 46.2 Å². The molecule has 0 N–H and O–H groups in total. The molecule has 0 saturated heterocycles. The van der Waals surface area contributed by atoms with Crippen molar-refractivity contribution in [3.63, 3.8) is 0 Å². The number of nitrogens with zero attached hydrogens (tertiary/aromatic N) is 2. The van der Waals surface area contributed by atoms with Crippen LogP contribution in [0.2, 0.25) is 0 Å². The average molecular weight is 248 g/mol. The average Bonchev–Trinajstić information content (AvgIpc) is 2.79. The number of thiazole rings is 1. The van der Waals surface area contributed by atoms with Gasteiger partial charge in [0.15, 0.2) is 5.69 Å². The second-order valence-corrected chi connectivity index (χ2v) is 4.32. The standard InChI is InChI=1S/C12H12N2O2S/c1-2-16-12(15)10-8-17-11(14-10)7-9-3-5-13-6-4-9/h3-6,8H,2,7H2,1H3. The minimum Gasteiger partial charge on any atom is -0.461 e. The van der Waals surface area contributed by atoms with Crippen molar-refractivity contribution in [2.45, 2.75) is 13.3 Å². The van der Waals surface area contributed by atoms with Gasteiger partial charge in [0.2, 0.25) is 0 Å². The van der Waals surface area contributed by atoms with E-state index in [1.807, 2.05) is 12.1 Å². The molecule has 0 saturated carbocycles. The summed E-state index contributed by atoms with van der Waals surface area (Å²) < 4.78 is 4.89. The third-order valence-electron chi connectivity index (χ3n) is 2.14. The van der Waals surface area contributed by atoms with E-state index in [0.29, 0.717) is 18.7 Å². The second-order valence-electron chi connectivity index (χ2n) is 3.38. The van der Waals surface area contributed by atoms with Crippen molar-refractivity contribution < 1.29 is 9.53 Å². The molecule has 0 amide bonds. The molecule has 88 valence electrons. The number of carbonyl (C=O) groups excluding carboxylic acids is 1. The first kappa shape index (κ1) is 11.7. The highest BCUT2D eigenvalue weighted by Crippen LogP contribution is 2.15. The minimum atomic E-state index is -0.357. The summed E-state index contributed by atoms with van der Waals surface area (Å²) in [5.41, 5.74) is 1.52. The molecule has 0 bridgehead atoms. The Kier molecular flexibility index (Phi) is 3.82. The predicted octanol–water partition coefficient (Wildman–Crippen LogP) is 2.31. The minimum absolute atomic E-state index is 0.357. The lowest BCUT2D eigenvalue weighted by Crippen LogP contribution is -2.05. The summed E-state index contributed by atoms with van der Waals surface area (Å²) in [5, 5.41) is 2.63. The van der Waals surface area contributed by atoms with Crippen molar-refractivity contribution in [2.24, 2.45) is 0 Å². The largest absolute Gasteiger partial charge is 0.461 e. The molecule has 17 heavy (non-hydrogen) atoms. The van der Waals surface area contributed by atoms with Crippen LogP contribution in [0.4, 0.5) is 0 Å². The van der Waals surface area contributed by atoms with Crippen LogP contribution in [0, 0.1) is 0 Å². The zero-order valence-electron chi connectivity index (χ0n) is 9.42. The summed E-state index contributed by atoms with van der Waals surface area (Å²) in [7, 11) is 0. The van der Waals surface area contributed by atoms with Crippen molar-refractivity contribution in [2.75, 3.05) is 6.61 Å². The molecule has 0 aliphatic carbocycles. The van der Waals surface area contributed by atoms with E-state index in [1.165, 1.54) is 11.3 Å². The Bertz CT molecular complexity index is 496. The molecule has 0 atom stereocenters. The van der Waals surface area contributed by atoms with E-state index in [2.05, 4.69) is 9.97 Å². The van der Waals surface area contributed by atoms with Crippen LogP contribution >= 0.6 is 11.3 Å². The van der Waals surface area contributed by atoms with Gasteiger partial charge in [-0.05, 0) is 24.6 Å². The van der Waals surface area contributed by atoms with E-state index in [1.54, 1.807) is 24.7 Å². The Balaban J connectivity index is 2.06. The lowest BCUT2D eigenvalue weighted by Gasteiger charge is -1.97. The van der Waals surface area contributed by atoms with Crippen molar-refractivity contribution >= 4 is 17.3 Å². The molecule has 5 heteroatoms. The lowest BCUT2D eigenvalue weighted by atomic mass is 10.2. The van der Waals surface area contributed by atoms with Gasteiger partial charge in [0.05, 0.1) is 11.6 Å². The maximum Gasteiger partial charge on any atom is 0.357 e. The molecule has 0 aromatic carbocycles. The van der Waals surface area contributed by atoms with Crippen LogP contribution in [0.15, 0.2) is 29.9 Å². The van der Waals surface area contributed by atoms with E-state index >= 15 is 0 Å². The predicted molar refractivity (Wildman–Crippen MR) is 65.1 cm³/mol. The number of pyridine rings is 1. The van der Waals surface area contributed by atoms with Gasteiger partial charge in [0.25, 0.3) is 0 Å². The zero-order chi connectivity index (χ0) is 12.1. The molecular formula is C12H12N2O2S. The number of hydrogen-bond acceptors (Lipinski definition) is 5. The van der Waals surface area contributed by atoms with E-state index in [4.69, 9.17) is 4.74 Å². The highest BCUT2D eigenvalue weighted by Gasteiger charge is 2.11. The summed E-state index contributed by atoms with van der Waals surface area (Å²) in [4.78, 5) is 19.6. The Hall–Kier alpha value is -1.75. The number of esters is 1. The van der Waals surface area contributed by atoms with Gasteiger partial charge in [-0.2, -0.15) is 0 Å². The summed E-state index contributed by atoms with van der Waals surface area (Å²) in [5.74, 6) is -0.357. The Morgan fingerprint density at radius 1 is 1.41 bits per heavy atom. The molecule has 0 radical (unpaired) electrons. The van der Waals surface area contributed by atoms with Crippen LogP contribution in [-0.2, 0) is 11.2 Å². The van der Waals surface area contributed by atoms with E-state index < -0.39 is 0 Å². The Morgan fingerprint density at radius 2 is 2.18 bits per heavy atom. The summed E-state index contributed by atoms with van der Waals surface area (Å²) in [6, 6.07) is 3.87. The highest BCUT2D eigenvalue weighted by molar-refractivity contribution is 7.09. The summed E-state index contributed by atoms with van der Waals surface area (Å²) >= 11 is 1.47. The number of hydrogen-bond donors (Lipinski definition) is 0. The van der Waals surface area contributed by atoms with Gasteiger partial charge in [0.1, 0.15) is 0 Å². The molecule has 2 aromatic rings. The SMILES string of the molecule is CCOC(=O)c1csc(Cc2ccncc2)n1. The van der Waals surface area contributed by atoms with Crippen LogP contribution < -0.4 is 0 Å². The Labute approximate surface area is 103 Å². The molecule has 0 aliphatic rings. The van der Waals surface area contributed by atoms with Gasteiger partial charge in [-0.3, -0.25) is 4.98 Å². The molecule has 4 nitrogen and oxygen atoms in total. The van der Waals surface area contributed by atoms with E-state index in [-0.39, 0.29) is 5.97 Å². The number of carbonyl (C=O) groups is 1.